The first-order chi connectivity index (χ1) is 9.47. The van der Waals surface area contributed by atoms with Crippen LogP contribution in [-0.2, 0) is 4.79 Å². The van der Waals surface area contributed by atoms with Gasteiger partial charge in [-0.15, -0.1) is 0 Å². The lowest BCUT2D eigenvalue weighted by Crippen LogP contribution is -2.53. The third-order valence-electron chi connectivity index (χ3n) is 4.64. The number of hydrogen-bond donors (Lipinski definition) is 1. The molecule has 0 aromatic rings. The minimum absolute atomic E-state index is 0.111. The van der Waals surface area contributed by atoms with Crippen LogP contribution in [0, 0.1) is 11.8 Å². The van der Waals surface area contributed by atoms with Gasteiger partial charge in [-0.3, -0.25) is 4.79 Å². The summed E-state index contributed by atoms with van der Waals surface area (Å²) in [5.74, 6) is 0.0452. The van der Waals surface area contributed by atoms with E-state index in [0.29, 0.717) is 18.5 Å². The van der Waals surface area contributed by atoms with Crippen LogP contribution in [0.15, 0.2) is 0 Å². The summed E-state index contributed by atoms with van der Waals surface area (Å²) in [7, 11) is 0. The Morgan fingerprint density at radius 2 is 1.95 bits per heavy atom. The number of amides is 2. The highest BCUT2D eigenvalue weighted by Gasteiger charge is 2.32. The van der Waals surface area contributed by atoms with E-state index in [-0.39, 0.29) is 18.4 Å². The molecule has 2 fully saturated rings. The number of aliphatic carboxylic acids is 1. The van der Waals surface area contributed by atoms with Gasteiger partial charge in [0.2, 0.25) is 0 Å². The van der Waals surface area contributed by atoms with Crippen LogP contribution in [0.3, 0.4) is 0 Å². The standard InChI is InChI=1S/C15H26N2O3/c1-11-5-7-17(12(2)8-11)15(20)16-6-3-4-13(10-16)9-14(18)19/h11-13H,3-10H2,1-2H3,(H,18,19). The number of hydrogen-bond acceptors (Lipinski definition) is 2. The first-order valence-electron chi connectivity index (χ1n) is 7.74. The molecule has 0 aliphatic carbocycles. The number of carboxylic acids is 1. The smallest absolute Gasteiger partial charge is 0.320 e. The monoisotopic (exact) mass is 282 g/mol. The zero-order valence-corrected chi connectivity index (χ0v) is 12.5. The summed E-state index contributed by atoms with van der Waals surface area (Å²) in [5.41, 5.74) is 0. The topological polar surface area (TPSA) is 60.9 Å². The number of carboxylic acid groups (broad SMARTS) is 1. The summed E-state index contributed by atoms with van der Waals surface area (Å²) >= 11 is 0. The van der Waals surface area contributed by atoms with E-state index in [2.05, 4.69) is 13.8 Å². The molecule has 2 aliphatic heterocycles. The Bertz CT molecular complexity index is 372. The maximum Gasteiger partial charge on any atom is 0.320 e. The first-order valence-corrected chi connectivity index (χ1v) is 7.74. The van der Waals surface area contributed by atoms with Gasteiger partial charge in [0.05, 0.1) is 0 Å². The molecule has 20 heavy (non-hydrogen) atoms. The van der Waals surface area contributed by atoms with Crippen LogP contribution >= 0.6 is 0 Å². The van der Waals surface area contributed by atoms with Crippen LogP contribution in [0.25, 0.3) is 0 Å². The van der Waals surface area contributed by atoms with Crippen molar-refractivity contribution in [3.63, 3.8) is 0 Å². The lowest BCUT2D eigenvalue weighted by Gasteiger charge is -2.41. The maximum absolute atomic E-state index is 12.6. The van der Waals surface area contributed by atoms with Gasteiger partial charge in [-0.2, -0.15) is 0 Å². The molecule has 2 amide bonds. The van der Waals surface area contributed by atoms with Crippen molar-refractivity contribution < 1.29 is 14.7 Å². The molecule has 114 valence electrons. The van der Waals surface area contributed by atoms with Gasteiger partial charge in [-0.05, 0) is 44.4 Å². The lowest BCUT2D eigenvalue weighted by atomic mass is 9.93. The average molecular weight is 282 g/mol. The molecule has 2 saturated heterocycles. The van der Waals surface area contributed by atoms with E-state index in [1.807, 2.05) is 9.80 Å². The second-order valence-electron chi connectivity index (χ2n) is 6.51. The van der Waals surface area contributed by atoms with Crippen molar-refractivity contribution in [3.8, 4) is 0 Å². The SMILES string of the molecule is CC1CCN(C(=O)N2CCCC(CC(=O)O)C2)C(C)C1. The summed E-state index contributed by atoms with van der Waals surface area (Å²) < 4.78 is 0. The van der Waals surface area contributed by atoms with Crippen molar-refractivity contribution in [2.45, 2.75) is 52.0 Å². The zero-order valence-electron chi connectivity index (χ0n) is 12.5. The number of rotatable bonds is 2. The minimum Gasteiger partial charge on any atom is -0.481 e. The molecule has 0 spiro atoms. The fraction of sp³-hybridized carbons (Fsp3) is 0.867. The quantitative estimate of drug-likeness (QED) is 0.846. The molecule has 5 nitrogen and oxygen atoms in total. The molecule has 0 radical (unpaired) electrons. The van der Waals surface area contributed by atoms with Gasteiger partial charge in [0.25, 0.3) is 0 Å². The number of urea groups is 1. The van der Waals surface area contributed by atoms with Crippen LogP contribution in [0.4, 0.5) is 4.79 Å². The summed E-state index contributed by atoms with van der Waals surface area (Å²) in [6, 6.07) is 0.408. The Morgan fingerprint density at radius 1 is 1.20 bits per heavy atom. The highest BCUT2D eigenvalue weighted by atomic mass is 16.4. The van der Waals surface area contributed by atoms with E-state index >= 15 is 0 Å². The molecular weight excluding hydrogens is 256 g/mol. The summed E-state index contributed by atoms with van der Waals surface area (Å²) in [4.78, 5) is 27.3. The van der Waals surface area contributed by atoms with Gasteiger partial charge in [0.15, 0.2) is 0 Å². The normalized spacial score (nSPS) is 31.2. The van der Waals surface area contributed by atoms with Crippen molar-refractivity contribution in [1.29, 1.82) is 0 Å². The van der Waals surface area contributed by atoms with Crippen molar-refractivity contribution >= 4 is 12.0 Å². The number of likely N-dealkylation sites (tertiary alicyclic amines) is 2. The third kappa shape index (κ3) is 3.64. The van der Waals surface area contributed by atoms with Crippen molar-refractivity contribution in [2.24, 2.45) is 11.8 Å². The Morgan fingerprint density at radius 3 is 2.60 bits per heavy atom. The van der Waals surface area contributed by atoms with Gasteiger partial charge in [0, 0.05) is 32.1 Å². The fourth-order valence-electron chi connectivity index (χ4n) is 3.53. The Hall–Kier alpha value is -1.26. The van der Waals surface area contributed by atoms with E-state index < -0.39 is 5.97 Å². The molecule has 0 aromatic carbocycles. The maximum atomic E-state index is 12.6. The van der Waals surface area contributed by atoms with Crippen LogP contribution < -0.4 is 0 Å². The van der Waals surface area contributed by atoms with Crippen LogP contribution in [0.1, 0.15) is 46.0 Å². The summed E-state index contributed by atoms with van der Waals surface area (Å²) in [6.45, 7) is 6.56. The molecule has 2 aliphatic rings. The van der Waals surface area contributed by atoms with Crippen LogP contribution in [-0.4, -0.2) is 52.6 Å². The molecule has 0 saturated carbocycles. The van der Waals surface area contributed by atoms with Gasteiger partial charge in [-0.1, -0.05) is 6.92 Å². The lowest BCUT2D eigenvalue weighted by molar-refractivity contribution is -0.138. The Kier molecular flexibility index (Phi) is 4.89. The van der Waals surface area contributed by atoms with E-state index in [1.54, 1.807) is 0 Å². The fourth-order valence-corrected chi connectivity index (χ4v) is 3.53. The second kappa shape index (κ2) is 6.46. The molecule has 5 heteroatoms. The van der Waals surface area contributed by atoms with Gasteiger partial charge >= 0.3 is 12.0 Å². The Balaban J connectivity index is 1.92. The second-order valence-corrected chi connectivity index (χ2v) is 6.51. The highest BCUT2D eigenvalue weighted by molar-refractivity contribution is 5.75. The predicted octanol–water partition coefficient (Wildman–Crippen LogP) is 2.41. The molecule has 1 N–H and O–H groups in total. The van der Waals surface area contributed by atoms with E-state index in [9.17, 15) is 9.59 Å². The highest BCUT2D eigenvalue weighted by Crippen LogP contribution is 2.26. The van der Waals surface area contributed by atoms with Gasteiger partial charge in [0.1, 0.15) is 0 Å². The third-order valence-corrected chi connectivity index (χ3v) is 4.64. The predicted molar refractivity (Wildman–Crippen MR) is 76.5 cm³/mol. The molecule has 3 unspecified atom stereocenters. The number of carbonyl (C=O) groups is 2. The molecular formula is C15H26N2O3. The van der Waals surface area contributed by atoms with Crippen LogP contribution in [0.5, 0.6) is 0 Å². The molecule has 2 rings (SSSR count). The molecule has 2 heterocycles. The van der Waals surface area contributed by atoms with E-state index in [1.165, 1.54) is 0 Å². The van der Waals surface area contributed by atoms with Gasteiger partial charge < -0.3 is 14.9 Å². The zero-order chi connectivity index (χ0) is 14.7. The van der Waals surface area contributed by atoms with Crippen molar-refractivity contribution in [2.75, 3.05) is 19.6 Å². The van der Waals surface area contributed by atoms with Crippen molar-refractivity contribution in [3.05, 3.63) is 0 Å². The Labute approximate surface area is 120 Å². The minimum atomic E-state index is -0.760. The molecule has 3 atom stereocenters. The van der Waals surface area contributed by atoms with Crippen LogP contribution in [0.2, 0.25) is 0 Å². The molecule has 0 aromatic heterocycles. The number of carbonyl (C=O) groups excluding carboxylic acids is 1. The molecule has 0 bridgehead atoms. The average Bonchev–Trinajstić information content (AvgIpc) is 2.37. The summed E-state index contributed by atoms with van der Waals surface area (Å²) in [6.07, 6.45) is 4.15. The first kappa shape index (κ1) is 15.1. The van der Waals surface area contributed by atoms with E-state index in [0.717, 1.165) is 38.8 Å². The van der Waals surface area contributed by atoms with Gasteiger partial charge in [-0.25, -0.2) is 4.79 Å². The number of nitrogens with zero attached hydrogens (tertiary/aromatic N) is 2. The largest absolute Gasteiger partial charge is 0.481 e. The van der Waals surface area contributed by atoms with Crippen molar-refractivity contribution in [1.82, 2.24) is 9.80 Å². The summed E-state index contributed by atoms with van der Waals surface area (Å²) in [5, 5.41) is 8.90. The number of piperidine rings is 2. The van der Waals surface area contributed by atoms with E-state index in [4.69, 9.17) is 5.11 Å².